The van der Waals surface area contributed by atoms with Gasteiger partial charge in [0.2, 0.25) is 5.88 Å². The Morgan fingerprint density at radius 3 is 2.40 bits per heavy atom. The second-order valence-electron chi connectivity index (χ2n) is 6.17. The van der Waals surface area contributed by atoms with Gasteiger partial charge < -0.3 is 9.64 Å². The van der Waals surface area contributed by atoms with Crippen molar-refractivity contribution in [3.05, 3.63) is 66.4 Å². The lowest BCUT2D eigenvalue weighted by atomic mass is 10.1. The predicted molar refractivity (Wildman–Crippen MR) is 95.5 cm³/mol. The molecule has 1 aliphatic heterocycles. The smallest absolute Gasteiger partial charge is 0.253 e. The Hall–Kier alpha value is -2.95. The van der Waals surface area contributed by atoms with Crippen LogP contribution in [0.3, 0.4) is 0 Å². The van der Waals surface area contributed by atoms with Crippen molar-refractivity contribution in [2.24, 2.45) is 0 Å². The number of carbonyl (C=O) groups is 1. The van der Waals surface area contributed by atoms with Crippen LogP contribution < -0.4 is 4.74 Å². The number of likely N-dealkylation sites (tertiary alicyclic amines) is 1. The molecule has 1 fully saturated rings. The van der Waals surface area contributed by atoms with Crippen LogP contribution in [-0.4, -0.2) is 40.0 Å². The first-order valence-electron chi connectivity index (χ1n) is 8.52. The molecule has 0 aliphatic carbocycles. The molecule has 1 amide bonds. The number of fused-ring (bicyclic) bond motifs is 1. The second kappa shape index (κ2) is 6.89. The molecule has 4 rings (SSSR count). The molecule has 0 radical (unpaired) electrons. The van der Waals surface area contributed by atoms with Crippen molar-refractivity contribution in [2.75, 3.05) is 13.1 Å². The molecule has 1 aliphatic rings. The molecule has 1 aromatic heterocycles. The van der Waals surface area contributed by atoms with Gasteiger partial charge in [0.05, 0.1) is 17.2 Å². The van der Waals surface area contributed by atoms with E-state index in [-0.39, 0.29) is 12.0 Å². The van der Waals surface area contributed by atoms with Crippen molar-refractivity contribution in [1.82, 2.24) is 14.9 Å². The van der Waals surface area contributed by atoms with E-state index < -0.39 is 0 Å². The Morgan fingerprint density at radius 2 is 1.64 bits per heavy atom. The molecule has 0 unspecified atom stereocenters. The first-order chi connectivity index (χ1) is 12.3. The zero-order valence-electron chi connectivity index (χ0n) is 13.8. The van der Waals surface area contributed by atoms with Gasteiger partial charge in [0, 0.05) is 31.5 Å². The largest absolute Gasteiger partial charge is 0.473 e. The lowest BCUT2D eigenvalue weighted by molar-refractivity contribution is 0.0588. The van der Waals surface area contributed by atoms with Gasteiger partial charge in [-0.25, -0.2) is 9.97 Å². The van der Waals surface area contributed by atoms with Gasteiger partial charge in [0.25, 0.3) is 5.91 Å². The fourth-order valence-corrected chi connectivity index (χ4v) is 3.11. The highest BCUT2D eigenvalue weighted by atomic mass is 16.5. The number of piperidine rings is 1. The zero-order valence-corrected chi connectivity index (χ0v) is 13.8. The van der Waals surface area contributed by atoms with Crippen molar-refractivity contribution in [3.8, 4) is 5.88 Å². The third-order valence-electron chi connectivity index (χ3n) is 4.46. The Balaban J connectivity index is 1.37. The first kappa shape index (κ1) is 15.6. The Kier molecular flexibility index (Phi) is 4.29. The molecule has 0 N–H and O–H groups in total. The standard InChI is InChI=1S/C20H19N3O2/c24-20(15-6-2-1-3-7-15)23-12-10-16(11-13-23)25-19-14-21-17-8-4-5-9-18(17)22-19/h1-9,14,16H,10-13H2. The van der Waals surface area contributed by atoms with E-state index in [9.17, 15) is 4.79 Å². The minimum atomic E-state index is 0.0651. The highest BCUT2D eigenvalue weighted by Crippen LogP contribution is 2.20. The summed E-state index contributed by atoms with van der Waals surface area (Å²) in [4.78, 5) is 23.2. The molecule has 2 heterocycles. The number of amides is 1. The van der Waals surface area contributed by atoms with Crippen LogP contribution in [0, 0.1) is 0 Å². The van der Waals surface area contributed by atoms with Crippen molar-refractivity contribution >= 4 is 16.9 Å². The fourth-order valence-electron chi connectivity index (χ4n) is 3.11. The number of hydrogen-bond donors (Lipinski definition) is 0. The summed E-state index contributed by atoms with van der Waals surface area (Å²) in [6, 6.07) is 17.2. The van der Waals surface area contributed by atoms with E-state index in [4.69, 9.17) is 4.74 Å². The average molecular weight is 333 g/mol. The third kappa shape index (κ3) is 3.45. The fraction of sp³-hybridized carbons (Fsp3) is 0.250. The van der Waals surface area contributed by atoms with E-state index >= 15 is 0 Å². The van der Waals surface area contributed by atoms with Gasteiger partial charge in [0.15, 0.2) is 0 Å². The van der Waals surface area contributed by atoms with E-state index in [1.807, 2.05) is 59.5 Å². The molecular formula is C20H19N3O2. The molecule has 3 aromatic rings. The summed E-state index contributed by atoms with van der Waals surface area (Å²) < 4.78 is 5.99. The first-order valence-corrected chi connectivity index (χ1v) is 8.52. The number of benzene rings is 2. The molecule has 0 spiro atoms. The Bertz CT molecular complexity index is 874. The molecule has 5 nitrogen and oxygen atoms in total. The van der Waals surface area contributed by atoms with Crippen LogP contribution in [0.25, 0.3) is 11.0 Å². The molecule has 1 saturated heterocycles. The quantitative estimate of drug-likeness (QED) is 0.738. The van der Waals surface area contributed by atoms with Crippen LogP contribution in [0.15, 0.2) is 60.8 Å². The number of rotatable bonds is 3. The van der Waals surface area contributed by atoms with Crippen LogP contribution >= 0.6 is 0 Å². The van der Waals surface area contributed by atoms with Crippen LogP contribution in [0.1, 0.15) is 23.2 Å². The zero-order chi connectivity index (χ0) is 17.1. The maximum atomic E-state index is 12.5. The van der Waals surface area contributed by atoms with Gasteiger partial charge in [-0.05, 0) is 24.3 Å². The summed E-state index contributed by atoms with van der Waals surface area (Å²) >= 11 is 0. The van der Waals surface area contributed by atoms with Crippen molar-refractivity contribution in [2.45, 2.75) is 18.9 Å². The molecule has 0 bridgehead atoms. The summed E-state index contributed by atoms with van der Waals surface area (Å²) in [7, 11) is 0. The van der Waals surface area contributed by atoms with E-state index in [0.717, 1.165) is 29.4 Å². The number of nitrogens with zero attached hydrogens (tertiary/aromatic N) is 3. The Morgan fingerprint density at radius 1 is 0.960 bits per heavy atom. The third-order valence-corrected chi connectivity index (χ3v) is 4.46. The van der Waals surface area contributed by atoms with Crippen LogP contribution in [0.5, 0.6) is 5.88 Å². The Labute approximate surface area is 146 Å². The SMILES string of the molecule is O=C(c1ccccc1)N1CCC(Oc2cnc3ccccc3n2)CC1. The van der Waals surface area contributed by atoms with E-state index in [1.54, 1.807) is 6.20 Å². The monoisotopic (exact) mass is 333 g/mol. The van der Waals surface area contributed by atoms with Crippen LogP contribution in [0.2, 0.25) is 0 Å². The number of hydrogen-bond acceptors (Lipinski definition) is 4. The minimum Gasteiger partial charge on any atom is -0.473 e. The van der Waals surface area contributed by atoms with Gasteiger partial charge in [-0.2, -0.15) is 0 Å². The van der Waals surface area contributed by atoms with Crippen molar-refractivity contribution in [3.63, 3.8) is 0 Å². The van der Waals surface area contributed by atoms with Crippen LogP contribution in [-0.2, 0) is 0 Å². The molecule has 0 saturated carbocycles. The second-order valence-corrected chi connectivity index (χ2v) is 6.17. The maximum Gasteiger partial charge on any atom is 0.253 e. The van der Waals surface area contributed by atoms with Crippen LogP contribution in [0.4, 0.5) is 0 Å². The van der Waals surface area contributed by atoms with E-state index in [0.29, 0.717) is 19.0 Å². The molecule has 0 atom stereocenters. The van der Waals surface area contributed by atoms with Crippen molar-refractivity contribution < 1.29 is 9.53 Å². The van der Waals surface area contributed by atoms with Gasteiger partial charge in [-0.1, -0.05) is 30.3 Å². The number of carbonyl (C=O) groups excluding carboxylic acids is 1. The molecule has 5 heteroatoms. The van der Waals surface area contributed by atoms with Gasteiger partial charge in [0.1, 0.15) is 6.10 Å². The highest BCUT2D eigenvalue weighted by Gasteiger charge is 2.25. The average Bonchev–Trinajstić information content (AvgIpc) is 2.69. The number of aromatic nitrogens is 2. The number of para-hydroxylation sites is 2. The summed E-state index contributed by atoms with van der Waals surface area (Å²) in [5.41, 5.74) is 2.43. The molecule has 126 valence electrons. The lowest BCUT2D eigenvalue weighted by Gasteiger charge is -2.32. The molecule has 2 aromatic carbocycles. The highest BCUT2D eigenvalue weighted by molar-refractivity contribution is 5.94. The minimum absolute atomic E-state index is 0.0651. The van der Waals surface area contributed by atoms with Gasteiger partial charge in [-0.15, -0.1) is 0 Å². The summed E-state index contributed by atoms with van der Waals surface area (Å²) in [5.74, 6) is 0.635. The summed E-state index contributed by atoms with van der Waals surface area (Å²) in [6.45, 7) is 1.39. The predicted octanol–water partition coefficient (Wildman–Crippen LogP) is 3.31. The summed E-state index contributed by atoms with van der Waals surface area (Å²) in [5, 5.41) is 0. The van der Waals surface area contributed by atoms with E-state index in [2.05, 4.69) is 9.97 Å². The van der Waals surface area contributed by atoms with E-state index in [1.165, 1.54) is 0 Å². The topological polar surface area (TPSA) is 55.3 Å². The maximum absolute atomic E-state index is 12.5. The summed E-state index contributed by atoms with van der Waals surface area (Å²) in [6.07, 6.45) is 3.33. The molecule has 25 heavy (non-hydrogen) atoms. The van der Waals surface area contributed by atoms with Gasteiger partial charge in [-0.3, -0.25) is 4.79 Å². The lowest BCUT2D eigenvalue weighted by Crippen LogP contribution is -2.41. The number of ether oxygens (including phenoxy) is 1. The van der Waals surface area contributed by atoms with Gasteiger partial charge >= 0.3 is 0 Å². The molecular weight excluding hydrogens is 314 g/mol. The van der Waals surface area contributed by atoms with Crippen molar-refractivity contribution in [1.29, 1.82) is 0 Å². The normalized spacial score (nSPS) is 15.3.